The monoisotopic (exact) mass is 396 g/mol. The molecule has 1 atom stereocenters. The number of alkyl halides is 3. The van der Waals surface area contributed by atoms with E-state index in [2.05, 4.69) is 10.2 Å². The molecule has 2 heterocycles. The Labute approximate surface area is 164 Å². The molecule has 3 N–H and O–H groups in total. The number of aryl methyl sites for hydroxylation is 1. The molecule has 4 rings (SSSR count). The van der Waals surface area contributed by atoms with Crippen LogP contribution >= 0.6 is 0 Å². The minimum Gasteiger partial charge on any atom is -0.420 e. The van der Waals surface area contributed by atoms with E-state index in [4.69, 9.17) is 10.5 Å². The molecular formula is C21H15F3N4O. The summed E-state index contributed by atoms with van der Waals surface area (Å²) in [5.74, 6) is -0.884. The van der Waals surface area contributed by atoms with E-state index in [1.54, 1.807) is 0 Å². The minimum absolute atomic E-state index is 0.0339. The van der Waals surface area contributed by atoms with E-state index in [0.717, 1.165) is 23.3 Å². The molecule has 146 valence electrons. The quantitative estimate of drug-likeness (QED) is 0.662. The van der Waals surface area contributed by atoms with Gasteiger partial charge in [0.25, 0.3) is 0 Å². The zero-order chi connectivity index (χ0) is 20.8. The molecule has 0 saturated carbocycles. The van der Waals surface area contributed by atoms with Crippen LogP contribution in [0, 0.1) is 18.3 Å². The second-order valence-electron chi connectivity index (χ2n) is 6.73. The third-order valence-electron chi connectivity index (χ3n) is 4.83. The molecule has 0 spiro atoms. The molecular weight excluding hydrogens is 381 g/mol. The van der Waals surface area contributed by atoms with Crippen molar-refractivity contribution in [3.63, 3.8) is 0 Å². The molecule has 3 aromatic rings. The molecule has 29 heavy (non-hydrogen) atoms. The van der Waals surface area contributed by atoms with Crippen LogP contribution in [-0.2, 0) is 6.18 Å². The van der Waals surface area contributed by atoms with E-state index in [1.807, 2.05) is 37.3 Å². The summed E-state index contributed by atoms with van der Waals surface area (Å²) in [6.45, 7) is 1.94. The summed E-state index contributed by atoms with van der Waals surface area (Å²) in [4.78, 5) is 0. The third kappa shape index (κ3) is 3.21. The lowest BCUT2D eigenvalue weighted by Gasteiger charge is -2.24. The lowest BCUT2D eigenvalue weighted by atomic mass is 9.82. The molecule has 0 radical (unpaired) electrons. The summed E-state index contributed by atoms with van der Waals surface area (Å²) in [5.41, 5.74) is 8.23. The van der Waals surface area contributed by atoms with Crippen LogP contribution in [-0.4, -0.2) is 10.2 Å². The lowest BCUT2D eigenvalue weighted by molar-refractivity contribution is -0.137. The Morgan fingerprint density at radius 2 is 1.90 bits per heavy atom. The number of aromatic amines is 1. The summed E-state index contributed by atoms with van der Waals surface area (Å²) >= 11 is 0. The summed E-state index contributed by atoms with van der Waals surface area (Å²) in [6, 6.07) is 14.4. The Bertz CT molecular complexity index is 1150. The molecule has 0 fully saturated rings. The van der Waals surface area contributed by atoms with Gasteiger partial charge in [0.05, 0.1) is 22.7 Å². The number of hydrogen-bond acceptors (Lipinski definition) is 4. The number of nitrogens with zero attached hydrogens (tertiary/aromatic N) is 2. The van der Waals surface area contributed by atoms with Crippen LogP contribution in [0.15, 0.2) is 60.0 Å². The average molecular weight is 396 g/mol. The molecule has 5 nitrogen and oxygen atoms in total. The Balaban J connectivity index is 1.94. The van der Waals surface area contributed by atoms with E-state index < -0.39 is 17.7 Å². The third-order valence-corrected chi connectivity index (χ3v) is 4.83. The number of ether oxygens (including phenoxy) is 1. The van der Waals surface area contributed by atoms with E-state index >= 15 is 0 Å². The fourth-order valence-electron chi connectivity index (χ4n) is 3.41. The Morgan fingerprint density at radius 1 is 1.17 bits per heavy atom. The highest BCUT2D eigenvalue weighted by Gasteiger charge is 2.37. The van der Waals surface area contributed by atoms with Crippen LogP contribution < -0.4 is 10.5 Å². The highest BCUT2D eigenvalue weighted by Crippen LogP contribution is 2.46. The van der Waals surface area contributed by atoms with Gasteiger partial charge in [0, 0.05) is 5.56 Å². The van der Waals surface area contributed by atoms with Crippen molar-refractivity contribution < 1.29 is 17.9 Å². The Morgan fingerprint density at radius 3 is 2.55 bits per heavy atom. The maximum Gasteiger partial charge on any atom is 0.416 e. The summed E-state index contributed by atoms with van der Waals surface area (Å²) < 4.78 is 45.3. The van der Waals surface area contributed by atoms with E-state index in [0.29, 0.717) is 11.3 Å². The number of allylic oxidation sites excluding steroid dienone is 1. The molecule has 2 aromatic carbocycles. The second kappa shape index (κ2) is 6.71. The fourth-order valence-corrected chi connectivity index (χ4v) is 3.41. The second-order valence-corrected chi connectivity index (χ2v) is 6.73. The number of aromatic nitrogens is 2. The van der Waals surface area contributed by atoms with E-state index in [-0.39, 0.29) is 22.9 Å². The molecule has 1 aromatic heterocycles. The van der Waals surface area contributed by atoms with Crippen LogP contribution in [0.5, 0.6) is 5.88 Å². The highest BCUT2D eigenvalue weighted by atomic mass is 19.4. The van der Waals surface area contributed by atoms with Crippen molar-refractivity contribution in [2.45, 2.75) is 19.0 Å². The van der Waals surface area contributed by atoms with Crippen LogP contribution in [0.2, 0.25) is 0 Å². The van der Waals surface area contributed by atoms with Gasteiger partial charge in [-0.3, -0.25) is 5.10 Å². The molecule has 8 heteroatoms. The Hall–Kier alpha value is -3.73. The first-order valence-corrected chi connectivity index (χ1v) is 8.69. The van der Waals surface area contributed by atoms with Crippen LogP contribution in [0.3, 0.4) is 0 Å². The summed E-state index contributed by atoms with van der Waals surface area (Å²) in [7, 11) is 0. The van der Waals surface area contributed by atoms with Crippen molar-refractivity contribution in [1.29, 1.82) is 5.26 Å². The van der Waals surface area contributed by atoms with Gasteiger partial charge in [0.2, 0.25) is 11.8 Å². The van der Waals surface area contributed by atoms with Crippen molar-refractivity contribution in [3.05, 3.63) is 82.2 Å². The molecule has 1 aliphatic rings. The number of rotatable bonds is 2. The number of fused-ring (bicyclic) bond motifs is 1. The number of nitriles is 1. The fraction of sp³-hybridized carbons (Fsp3) is 0.143. The molecule has 0 amide bonds. The predicted molar refractivity (Wildman–Crippen MR) is 99.5 cm³/mol. The predicted octanol–water partition coefficient (Wildman–Crippen LogP) is 4.62. The number of nitrogens with two attached hydrogens (primary N) is 1. The SMILES string of the molecule is Cc1ccc(-c2[nH]nc3c2[C@H](c2cccc(C(F)(F)F)c2)C(C#N)=C(N)O3)cc1. The van der Waals surface area contributed by atoms with Gasteiger partial charge in [-0.25, -0.2) is 0 Å². The van der Waals surface area contributed by atoms with Crippen molar-refractivity contribution in [2.24, 2.45) is 5.73 Å². The van der Waals surface area contributed by atoms with Crippen molar-refractivity contribution in [2.75, 3.05) is 0 Å². The standard InChI is InChI=1S/C21H15F3N4O/c1-11-5-7-12(8-6-11)18-17-16(13-3-2-4-14(9-13)21(22,23)24)15(10-25)19(26)29-20(17)28-27-18/h2-9,16H,26H2,1H3,(H,27,28)/t16-/m1/s1. The number of benzene rings is 2. The van der Waals surface area contributed by atoms with Gasteiger partial charge >= 0.3 is 6.18 Å². The van der Waals surface area contributed by atoms with Gasteiger partial charge in [0.15, 0.2) is 0 Å². The summed E-state index contributed by atoms with van der Waals surface area (Å²) in [6.07, 6.45) is -4.51. The summed E-state index contributed by atoms with van der Waals surface area (Å²) in [5, 5.41) is 16.7. The molecule has 0 unspecified atom stereocenters. The van der Waals surface area contributed by atoms with Crippen LogP contribution in [0.25, 0.3) is 11.3 Å². The van der Waals surface area contributed by atoms with Crippen molar-refractivity contribution >= 4 is 0 Å². The van der Waals surface area contributed by atoms with E-state index in [1.165, 1.54) is 12.1 Å². The van der Waals surface area contributed by atoms with Crippen LogP contribution in [0.1, 0.15) is 28.2 Å². The normalized spacial score (nSPS) is 16.2. The molecule has 1 aliphatic heterocycles. The van der Waals surface area contributed by atoms with Crippen molar-refractivity contribution in [1.82, 2.24) is 10.2 Å². The highest BCUT2D eigenvalue weighted by molar-refractivity contribution is 5.71. The zero-order valence-electron chi connectivity index (χ0n) is 15.2. The Kier molecular flexibility index (Phi) is 4.31. The molecule has 0 bridgehead atoms. The van der Waals surface area contributed by atoms with Crippen LogP contribution in [0.4, 0.5) is 13.2 Å². The van der Waals surface area contributed by atoms with Gasteiger partial charge in [-0.15, -0.1) is 5.10 Å². The number of hydrogen-bond donors (Lipinski definition) is 2. The van der Waals surface area contributed by atoms with Gasteiger partial charge in [-0.2, -0.15) is 18.4 Å². The first kappa shape index (κ1) is 18.6. The van der Waals surface area contributed by atoms with Crippen molar-refractivity contribution in [3.8, 4) is 23.2 Å². The first-order valence-electron chi connectivity index (χ1n) is 8.69. The van der Waals surface area contributed by atoms with Gasteiger partial charge in [-0.1, -0.05) is 48.0 Å². The molecule has 0 aliphatic carbocycles. The largest absolute Gasteiger partial charge is 0.420 e. The lowest BCUT2D eigenvalue weighted by Crippen LogP contribution is -2.21. The number of nitrogens with one attached hydrogen (secondary N) is 1. The van der Waals surface area contributed by atoms with Gasteiger partial charge in [-0.05, 0) is 18.6 Å². The maximum atomic E-state index is 13.3. The smallest absolute Gasteiger partial charge is 0.416 e. The zero-order valence-corrected chi connectivity index (χ0v) is 15.2. The topological polar surface area (TPSA) is 87.7 Å². The van der Waals surface area contributed by atoms with Gasteiger partial charge in [0.1, 0.15) is 11.6 Å². The molecule has 0 saturated heterocycles. The number of H-pyrrole nitrogens is 1. The first-order chi connectivity index (χ1) is 13.8. The van der Waals surface area contributed by atoms with E-state index in [9.17, 15) is 18.4 Å². The minimum atomic E-state index is -4.51. The average Bonchev–Trinajstić information content (AvgIpc) is 3.10. The number of halogens is 3. The van der Waals surface area contributed by atoms with Gasteiger partial charge < -0.3 is 10.5 Å². The maximum absolute atomic E-state index is 13.3.